The van der Waals surface area contributed by atoms with Crippen LogP contribution in [0.2, 0.25) is 5.02 Å². The van der Waals surface area contributed by atoms with Crippen LogP contribution in [-0.4, -0.2) is 30.5 Å². The van der Waals surface area contributed by atoms with E-state index in [4.69, 9.17) is 16.3 Å². The number of halogens is 1. The van der Waals surface area contributed by atoms with Gasteiger partial charge in [0.15, 0.2) is 6.61 Å². The van der Waals surface area contributed by atoms with E-state index in [1.54, 1.807) is 42.5 Å². The number of carbonyl (C=O) groups excluding carboxylic acids is 3. The first-order chi connectivity index (χ1) is 16.3. The second-order valence-electron chi connectivity index (χ2n) is 7.39. The third kappa shape index (κ3) is 7.46. The molecule has 0 radical (unpaired) electrons. The number of nitrogens with zero attached hydrogens (tertiary/aromatic N) is 1. The predicted octanol–water partition coefficient (Wildman–Crippen LogP) is 4.06. The fraction of sp³-hybridized carbons (Fsp3) is 0.120. The number of nitrogens with one attached hydrogen (secondary N) is 3. The highest BCUT2D eigenvalue weighted by molar-refractivity contribution is 6.39. The van der Waals surface area contributed by atoms with Crippen molar-refractivity contribution >= 4 is 46.9 Å². The van der Waals surface area contributed by atoms with E-state index >= 15 is 0 Å². The Morgan fingerprint density at radius 2 is 1.71 bits per heavy atom. The third-order valence-electron chi connectivity index (χ3n) is 4.57. The number of carbonyl (C=O) groups is 3. The Morgan fingerprint density at radius 1 is 0.941 bits per heavy atom. The number of hydrogen-bond acceptors (Lipinski definition) is 5. The summed E-state index contributed by atoms with van der Waals surface area (Å²) in [6.45, 7) is 3.78. The van der Waals surface area contributed by atoms with Crippen LogP contribution >= 0.6 is 11.6 Å². The van der Waals surface area contributed by atoms with E-state index in [1.807, 2.05) is 32.0 Å². The molecule has 0 spiro atoms. The fourth-order valence-electron chi connectivity index (χ4n) is 2.91. The zero-order valence-corrected chi connectivity index (χ0v) is 19.3. The molecule has 3 aromatic carbocycles. The second-order valence-corrected chi connectivity index (χ2v) is 7.82. The smallest absolute Gasteiger partial charge is 0.329 e. The Morgan fingerprint density at radius 3 is 2.41 bits per heavy atom. The van der Waals surface area contributed by atoms with E-state index < -0.39 is 11.8 Å². The monoisotopic (exact) mass is 478 g/mol. The number of benzene rings is 3. The second kappa shape index (κ2) is 11.6. The maximum Gasteiger partial charge on any atom is 0.329 e. The van der Waals surface area contributed by atoms with Crippen molar-refractivity contribution < 1.29 is 19.1 Å². The molecule has 0 aliphatic heterocycles. The van der Waals surface area contributed by atoms with Crippen LogP contribution in [0.15, 0.2) is 71.8 Å². The van der Waals surface area contributed by atoms with E-state index in [0.29, 0.717) is 22.0 Å². The number of ether oxygens (including phenoxy) is 1. The normalized spacial score (nSPS) is 10.6. The fourth-order valence-corrected chi connectivity index (χ4v) is 3.10. The van der Waals surface area contributed by atoms with Gasteiger partial charge in [-0.2, -0.15) is 5.10 Å². The van der Waals surface area contributed by atoms with Gasteiger partial charge in [0.1, 0.15) is 5.75 Å². The summed E-state index contributed by atoms with van der Waals surface area (Å²) in [6, 6.07) is 18.9. The highest BCUT2D eigenvalue weighted by Gasteiger charge is 2.13. The summed E-state index contributed by atoms with van der Waals surface area (Å²) in [5, 5.41) is 9.45. The molecule has 3 rings (SSSR count). The molecule has 174 valence electrons. The third-order valence-corrected chi connectivity index (χ3v) is 4.81. The molecule has 34 heavy (non-hydrogen) atoms. The van der Waals surface area contributed by atoms with Crippen molar-refractivity contribution in [1.82, 2.24) is 5.43 Å². The number of rotatable bonds is 7. The van der Waals surface area contributed by atoms with Crippen LogP contribution in [0.4, 0.5) is 11.4 Å². The van der Waals surface area contributed by atoms with Crippen molar-refractivity contribution in [2.24, 2.45) is 5.10 Å². The van der Waals surface area contributed by atoms with Crippen molar-refractivity contribution in [3.05, 3.63) is 88.4 Å². The number of aryl methyl sites for hydroxylation is 2. The molecule has 0 fully saturated rings. The van der Waals surface area contributed by atoms with Gasteiger partial charge in [-0.15, -0.1) is 0 Å². The van der Waals surface area contributed by atoms with Crippen LogP contribution in [0.3, 0.4) is 0 Å². The van der Waals surface area contributed by atoms with Crippen molar-refractivity contribution in [1.29, 1.82) is 0 Å². The molecule has 0 saturated carbocycles. The van der Waals surface area contributed by atoms with Crippen molar-refractivity contribution in [2.45, 2.75) is 13.8 Å². The number of hydrogen-bond donors (Lipinski definition) is 3. The van der Waals surface area contributed by atoms with Gasteiger partial charge in [-0.25, -0.2) is 5.43 Å². The topological polar surface area (TPSA) is 109 Å². The van der Waals surface area contributed by atoms with Crippen molar-refractivity contribution in [3.63, 3.8) is 0 Å². The Labute approximate surface area is 202 Å². The zero-order valence-electron chi connectivity index (χ0n) is 18.6. The molecule has 3 N–H and O–H groups in total. The molecule has 0 saturated heterocycles. The van der Waals surface area contributed by atoms with Gasteiger partial charge in [0.2, 0.25) is 0 Å². The molecule has 0 aliphatic carbocycles. The van der Waals surface area contributed by atoms with E-state index in [-0.39, 0.29) is 12.5 Å². The lowest BCUT2D eigenvalue weighted by atomic mass is 10.1. The summed E-state index contributed by atoms with van der Waals surface area (Å²) in [5.41, 5.74) is 6.05. The van der Waals surface area contributed by atoms with Crippen LogP contribution < -0.4 is 20.8 Å². The molecule has 0 unspecified atom stereocenters. The largest absolute Gasteiger partial charge is 0.484 e. The molecular formula is C25H23ClN4O4. The molecule has 3 amide bonds. The first kappa shape index (κ1) is 24.5. The van der Waals surface area contributed by atoms with Gasteiger partial charge in [-0.05, 0) is 73.5 Å². The van der Waals surface area contributed by atoms with Crippen LogP contribution in [0.1, 0.15) is 16.7 Å². The zero-order chi connectivity index (χ0) is 24.5. The highest BCUT2D eigenvalue weighted by atomic mass is 35.5. The Kier molecular flexibility index (Phi) is 8.37. The van der Waals surface area contributed by atoms with Crippen LogP contribution in [0.25, 0.3) is 0 Å². The Bertz CT molecular complexity index is 1230. The van der Waals surface area contributed by atoms with Gasteiger partial charge in [0, 0.05) is 16.4 Å². The van der Waals surface area contributed by atoms with Gasteiger partial charge in [0.25, 0.3) is 5.91 Å². The Balaban J connectivity index is 1.44. The average Bonchev–Trinajstić information content (AvgIpc) is 2.80. The maximum atomic E-state index is 12.1. The van der Waals surface area contributed by atoms with Gasteiger partial charge in [0.05, 0.1) is 6.21 Å². The lowest BCUT2D eigenvalue weighted by Crippen LogP contribution is -2.32. The van der Waals surface area contributed by atoms with Crippen molar-refractivity contribution in [3.8, 4) is 5.75 Å². The van der Waals surface area contributed by atoms with Gasteiger partial charge < -0.3 is 15.4 Å². The summed E-state index contributed by atoms with van der Waals surface area (Å²) in [7, 11) is 0. The molecule has 0 aromatic heterocycles. The van der Waals surface area contributed by atoms with Crippen LogP contribution in [0.5, 0.6) is 5.75 Å². The van der Waals surface area contributed by atoms with E-state index in [0.717, 1.165) is 16.8 Å². The summed E-state index contributed by atoms with van der Waals surface area (Å²) >= 11 is 5.84. The molecule has 9 heteroatoms. The lowest BCUT2D eigenvalue weighted by molar-refractivity contribution is -0.136. The summed E-state index contributed by atoms with van der Waals surface area (Å²) in [6.07, 6.45) is 1.38. The maximum absolute atomic E-state index is 12.1. The molecule has 8 nitrogen and oxygen atoms in total. The van der Waals surface area contributed by atoms with Gasteiger partial charge in [-0.3, -0.25) is 14.4 Å². The average molecular weight is 479 g/mol. The molecule has 3 aromatic rings. The van der Waals surface area contributed by atoms with Gasteiger partial charge in [-0.1, -0.05) is 35.4 Å². The minimum Gasteiger partial charge on any atom is -0.484 e. The Hall–Kier alpha value is -4.17. The quantitative estimate of drug-likeness (QED) is 0.270. The first-order valence-electron chi connectivity index (χ1n) is 10.3. The SMILES string of the molecule is Cc1ccc(NC(=O)COc2ccc(/C=N\NC(=O)C(=O)Nc3cccc(Cl)c3)cc2)c(C)c1. The van der Waals surface area contributed by atoms with E-state index in [2.05, 4.69) is 21.2 Å². The predicted molar refractivity (Wildman–Crippen MR) is 132 cm³/mol. The van der Waals surface area contributed by atoms with Crippen LogP contribution in [0, 0.1) is 13.8 Å². The summed E-state index contributed by atoms with van der Waals surface area (Å²) in [5.74, 6) is -1.57. The van der Waals surface area contributed by atoms with Gasteiger partial charge >= 0.3 is 11.8 Å². The standard InChI is InChI=1S/C25H23ClN4O4/c1-16-6-11-22(17(2)12-16)29-23(31)15-34-21-9-7-18(8-10-21)14-27-30-25(33)24(32)28-20-5-3-4-19(26)13-20/h3-14H,15H2,1-2H3,(H,28,32)(H,29,31)(H,30,33)/b27-14-. The molecule has 0 aliphatic rings. The molecule has 0 bridgehead atoms. The van der Waals surface area contributed by atoms with Crippen LogP contribution in [-0.2, 0) is 14.4 Å². The summed E-state index contributed by atoms with van der Waals surface area (Å²) < 4.78 is 5.51. The molecule has 0 atom stereocenters. The summed E-state index contributed by atoms with van der Waals surface area (Å²) in [4.78, 5) is 35.9. The number of anilines is 2. The first-order valence-corrected chi connectivity index (χ1v) is 10.7. The van der Waals surface area contributed by atoms with E-state index in [1.165, 1.54) is 12.3 Å². The van der Waals surface area contributed by atoms with E-state index in [9.17, 15) is 14.4 Å². The molecule has 0 heterocycles. The number of hydrazone groups is 1. The lowest BCUT2D eigenvalue weighted by Gasteiger charge is -2.10. The highest BCUT2D eigenvalue weighted by Crippen LogP contribution is 2.17. The minimum absolute atomic E-state index is 0.140. The minimum atomic E-state index is -0.925. The number of amides is 3. The molecular weight excluding hydrogens is 456 g/mol. The van der Waals surface area contributed by atoms with Crippen molar-refractivity contribution in [2.75, 3.05) is 17.2 Å².